The molecule has 5 rings (SSSR count). The molecular weight excluding hydrogens is 472 g/mol. The van der Waals surface area contributed by atoms with Gasteiger partial charge in [0, 0.05) is 5.92 Å². The lowest BCUT2D eigenvalue weighted by molar-refractivity contribution is -0.122. The van der Waals surface area contributed by atoms with Crippen LogP contribution < -0.4 is 10.0 Å². The number of benzene rings is 3. The van der Waals surface area contributed by atoms with Gasteiger partial charge in [0.25, 0.3) is 11.8 Å². The van der Waals surface area contributed by atoms with Gasteiger partial charge in [0.05, 0.1) is 34.6 Å². The van der Waals surface area contributed by atoms with Crippen LogP contribution in [0.5, 0.6) is 0 Å². The summed E-state index contributed by atoms with van der Waals surface area (Å²) in [5.74, 6) is -1.75. The molecule has 6 nitrogen and oxygen atoms in total. The number of anilines is 2. The fourth-order valence-electron chi connectivity index (χ4n) is 5.59. The quantitative estimate of drug-likeness (QED) is 0.365. The number of rotatable bonds is 7. The third kappa shape index (κ3) is 4.44. The molecule has 38 heavy (non-hydrogen) atoms. The van der Waals surface area contributed by atoms with Crippen molar-refractivity contribution in [1.82, 2.24) is 0 Å². The van der Waals surface area contributed by atoms with Crippen molar-refractivity contribution in [2.24, 2.45) is 22.0 Å². The Bertz CT molecular complexity index is 1340. The smallest absolute Gasteiger partial charge is 0.256 e. The highest BCUT2D eigenvalue weighted by atomic mass is 16.2. The Morgan fingerprint density at radius 2 is 1.08 bits per heavy atom. The van der Waals surface area contributed by atoms with E-state index >= 15 is 0 Å². The predicted octanol–water partition coefficient (Wildman–Crippen LogP) is 6.55. The fraction of sp³-hybridized carbons (Fsp3) is 0.312. The van der Waals surface area contributed by atoms with Gasteiger partial charge in [-0.1, -0.05) is 73.5 Å². The van der Waals surface area contributed by atoms with Crippen molar-refractivity contribution in [2.75, 3.05) is 10.0 Å². The molecule has 2 amide bonds. The van der Waals surface area contributed by atoms with Gasteiger partial charge in [-0.3, -0.25) is 9.59 Å². The predicted molar refractivity (Wildman–Crippen MR) is 154 cm³/mol. The summed E-state index contributed by atoms with van der Waals surface area (Å²) < 4.78 is 0. The molecule has 2 aliphatic rings. The maximum atomic E-state index is 14.2. The average Bonchev–Trinajstić information content (AvgIpc) is 3.43. The molecule has 0 spiro atoms. The van der Waals surface area contributed by atoms with Crippen LogP contribution in [0.4, 0.5) is 11.4 Å². The number of amides is 2. The van der Waals surface area contributed by atoms with E-state index in [9.17, 15) is 9.59 Å². The highest BCUT2D eigenvalue weighted by Crippen LogP contribution is 2.44. The topological polar surface area (TPSA) is 65.3 Å². The molecule has 0 aliphatic carbocycles. The summed E-state index contributed by atoms with van der Waals surface area (Å²) in [6.45, 7) is 10.1. The van der Waals surface area contributed by atoms with Crippen molar-refractivity contribution in [3.63, 3.8) is 0 Å². The molecule has 0 fully saturated rings. The van der Waals surface area contributed by atoms with E-state index in [1.807, 2.05) is 107 Å². The largest absolute Gasteiger partial charge is 0.272 e. The Labute approximate surface area is 224 Å². The van der Waals surface area contributed by atoms with Crippen molar-refractivity contribution < 1.29 is 9.59 Å². The zero-order chi connectivity index (χ0) is 27.0. The van der Waals surface area contributed by atoms with Crippen molar-refractivity contribution >= 4 is 34.6 Å². The number of hydrazone groups is 2. The first-order chi connectivity index (χ1) is 18.3. The summed E-state index contributed by atoms with van der Waals surface area (Å²) in [4.78, 5) is 28.4. The molecule has 6 heteroatoms. The molecule has 2 heterocycles. The molecule has 2 atom stereocenters. The molecule has 0 N–H and O–H groups in total. The normalized spacial score (nSPS) is 20.1. The lowest BCUT2D eigenvalue weighted by Gasteiger charge is -2.30. The Hall–Kier alpha value is -4.06. The van der Waals surface area contributed by atoms with E-state index < -0.39 is 17.8 Å². The summed E-state index contributed by atoms with van der Waals surface area (Å²) in [6.07, 6.45) is 1.23. The minimum atomic E-state index is -0.564. The lowest BCUT2D eigenvalue weighted by Crippen LogP contribution is -2.41. The SMILES string of the molecule is CCC1=NN(c2ccc(C)cc2)C(=O)C1C(c1ccccc1C)C1C(=O)N(c2ccc(C)cc2)N=C1CC. The third-order valence-electron chi connectivity index (χ3n) is 7.67. The molecule has 0 saturated carbocycles. The lowest BCUT2D eigenvalue weighted by atomic mass is 9.70. The molecule has 0 bridgehead atoms. The van der Waals surface area contributed by atoms with Crippen LogP contribution in [0.2, 0.25) is 0 Å². The van der Waals surface area contributed by atoms with Crippen LogP contribution in [-0.2, 0) is 9.59 Å². The number of hydrogen-bond donors (Lipinski definition) is 0. The number of hydrogen-bond acceptors (Lipinski definition) is 4. The van der Waals surface area contributed by atoms with E-state index in [1.54, 1.807) is 0 Å². The second-order valence-electron chi connectivity index (χ2n) is 10.2. The maximum absolute atomic E-state index is 14.2. The van der Waals surface area contributed by atoms with Crippen LogP contribution in [0, 0.1) is 32.6 Å². The second kappa shape index (κ2) is 10.4. The van der Waals surface area contributed by atoms with Crippen molar-refractivity contribution in [3.05, 3.63) is 95.1 Å². The molecule has 0 aromatic heterocycles. The summed E-state index contributed by atoms with van der Waals surface area (Å²) >= 11 is 0. The van der Waals surface area contributed by atoms with Crippen LogP contribution in [-0.4, -0.2) is 23.2 Å². The standard InChI is InChI=1S/C32H34N4O2/c1-6-26-29(31(37)35(33-26)23-16-12-20(3)13-17-23)28(25-11-9-8-10-22(25)5)30-27(7-2)34-36(32(30)38)24-18-14-21(4)15-19-24/h8-19,28-30H,6-7H2,1-5H3. The van der Waals surface area contributed by atoms with Gasteiger partial charge < -0.3 is 0 Å². The Morgan fingerprint density at radius 3 is 1.47 bits per heavy atom. The number of aryl methyl sites for hydroxylation is 3. The first kappa shape index (κ1) is 25.6. The first-order valence-corrected chi connectivity index (χ1v) is 13.4. The van der Waals surface area contributed by atoms with Crippen LogP contribution in [0.15, 0.2) is 83.0 Å². The maximum Gasteiger partial charge on any atom is 0.256 e. The summed E-state index contributed by atoms with van der Waals surface area (Å²) in [5, 5.41) is 12.7. The van der Waals surface area contributed by atoms with Gasteiger partial charge in [0.1, 0.15) is 0 Å². The van der Waals surface area contributed by atoms with E-state index in [1.165, 1.54) is 10.0 Å². The van der Waals surface area contributed by atoms with Gasteiger partial charge in [0.15, 0.2) is 0 Å². The average molecular weight is 507 g/mol. The van der Waals surface area contributed by atoms with Crippen LogP contribution in [0.1, 0.15) is 54.9 Å². The molecular formula is C32H34N4O2. The molecule has 3 aromatic rings. The van der Waals surface area contributed by atoms with Gasteiger partial charge >= 0.3 is 0 Å². The van der Waals surface area contributed by atoms with Crippen LogP contribution >= 0.6 is 0 Å². The Balaban J connectivity index is 1.62. The van der Waals surface area contributed by atoms with E-state index in [2.05, 4.69) is 0 Å². The molecule has 0 saturated heterocycles. The molecule has 0 radical (unpaired) electrons. The van der Waals surface area contributed by atoms with Gasteiger partial charge in [-0.15, -0.1) is 0 Å². The molecule has 194 valence electrons. The highest BCUT2D eigenvalue weighted by Gasteiger charge is 2.51. The Morgan fingerprint density at radius 1 is 0.658 bits per heavy atom. The molecule has 3 aromatic carbocycles. The zero-order valence-corrected chi connectivity index (χ0v) is 22.7. The molecule has 2 unspecified atom stereocenters. The van der Waals surface area contributed by atoms with Crippen LogP contribution in [0.3, 0.4) is 0 Å². The summed E-state index contributed by atoms with van der Waals surface area (Å²) in [7, 11) is 0. The van der Waals surface area contributed by atoms with Crippen LogP contribution in [0.25, 0.3) is 0 Å². The zero-order valence-electron chi connectivity index (χ0n) is 22.7. The van der Waals surface area contributed by atoms with E-state index in [-0.39, 0.29) is 11.8 Å². The van der Waals surface area contributed by atoms with Gasteiger partial charge in [0.2, 0.25) is 0 Å². The number of carbonyl (C=O) groups is 2. The second-order valence-corrected chi connectivity index (χ2v) is 10.2. The Kier molecular flexibility index (Phi) is 6.98. The van der Waals surface area contributed by atoms with E-state index in [4.69, 9.17) is 10.2 Å². The van der Waals surface area contributed by atoms with Gasteiger partial charge in [-0.2, -0.15) is 10.2 Å². The number of nitrogens with zero attached hydrogens (tertiary/aromatic N) is 4. The number of carbonyl (C=O) groups excluding carboxylic acids is 2. The monoisotopic (exact) mass is 506 g/mol. The van der Waals surface area contributed by atoms with Crippen molar-refractivity contribution in [2.45, 2.75) is 53.4 Å². The third-order valence-corrected chi connectivity index (χ3v) is 7.67. The van der Waals surface area contributed by atoms with Gasteiger partial charge in [-0.05, 0) is 69.0 Å². The van der Waals surface area contributed by atoms with Crippen molar-refractivity contribution in [3.8, 4) is 0 Å². The summed E-state index contributed by atoms with van der Waals surface area (Å²) in [6, 6.07) is 23.7. The first-order valence-electron chi connectivity index (χ1n) is 13.4. The minimum Gasteiger partial charge on any atom is -0.272 e. The fourth-order valence-corrected chi connectivity index (χ4v) is 5.59. The molecule has 2 aliphatic heterocycles. The van der Waals surface area contributed by atoms with Gasteiger partial charge in [-0.25, -0.2) is 10.0 Å². The summed E-state index contributed by atoms with van der Waals surface area (Å²) in [5.41, 5.74) is 7.33. The highest BCUT2D eigenvalue weighted by molar-refractivity contribution is 6.20. The minimum absolute atomic E-state index is 0.101. The van der Waals surface area contributed by atoms with E-state index in [0.29, 0.717) is 12.8 Å². The van der Waals surface area contributed by atoms with E-state index in [0.717, 1.165) is 45.1 Å². The van der Waals surface area contributed by atoms with Crippen molar-refractivity contribution in [1.29, 1.82) is 0 Å².